The van der Waals surface area contributed by atoms with Crippen molar-refractivity contribution < 1.29 is 23.1 Å². The molecule has 2 N–H and O–H groups in total. The molecule has 0 fully saturated rings. The first kappa shape index (κ1) is 22.9. The zero-order valence-corrected chi connectivity index (χ0v) is 17.6. The number of para-hydroxylation sites is 1. The lowest BCUT2D eigenvalue weighted by Crippen LogP contribution is -2.26. The molecule has 1 atom stereocenters. The largest absolute Gasteiger partial charge is 0.491 e. The van der Waals surface area contributed by atoms with Crippen LogP contribution in [0.3, 0.4) is 0 Å². The van der Waals surface area contributed by atoms with Gasteiger partial charge >= 0.3 is 0 Å². The molecule has 0 heterocycles. The first-order valence-corrected chi connectivity index (χ1v) is 10.3. The number of ether oxygens (including phenoxy) is 1. The van der Waals surface area contributed by atoms with Crippen molar-refractivity contribution in [3.8, 4) is 5.75 Å². The van der Waals surface area contributed by atoms with Crippen molar-refractivity contribution in [2.24, 2.45) is 0 Å². The Kier molecular flexibility index (Phi) is 7.91. The summed E-state index contributed by atoms with van der Waals surface area (Å²) in [5.41, 5.74) is 1.82. The van der Waals surface area contributed by atoms with Crippen LogP contribution in [-0.2, 0) is 4.79 Å². The number of carbonyl (C=O) groups is 2. The first-order chi connectivity index (χ1) is 15.4. The average molecular weight is 438 g/mol. The molecule has 3 rings (SSSR count). The van der Waals surface area contributed by atoms with E-state index in [2.05, 4.69) is 10.6 Å². The second kappa shape index (κ2) is 11.0. The van der Waals surface area contributed by atoms with Crippen LogP contribution in [0, 0.1) is 11.6 Å². The summed E-state index contributed by atoms with van der Waals surface area (Å²) in [7, 11) is 0. The quantitative estimate of drug-likeness (QED) is 0.448. The van der Waals surface area contributed by atoms with Gasteiger partial charge in [0, 0.05) is 17.7 Å². The van der Waals surface area contributed by atoms with Gasteiger partial charge in [-0.05, 0) is 67.4 Å². The predicted molar refractivity (Wildman–Crippen MR) is 118 cm³/mol. The summed E-state index contributed by atoms with van der Waals surface area (Å²) in [6, 6.07) is 18.3. The van der Waals surface area contributed by atoms with Gasteiger partial charge in [0.05, 0.1) is 12.6 Å². The molecule has 0 radical (unpaired) electrons. The van der Waals surface area contributed by atoms with Crippen molar-refractivity contribution in [3.63, 3.8) is 0 Å². The summed E-state index contributed by atoms with van der Waals surface area (Å²) in [5, 5.41) is 5.65. The van der Waals surface area contributed by atoms with Crippen LogP contribution in [0.2, 0.25) is 0 Å². The van der Waals surface area contributed by atoms with Gasteiger partial charge in [0.1, 0.15) is 5.82 Å². The van der Waals surface area contributed by atoms with E-state index in [-0.39, 0.29) is 36.6 Å². The molecule has 0 aliphatic carbocycles. The van der Waals surface area contributed by atoms with Crippen molar-refractivity contribution in [3.05, 3.63) is 95.6 Å². The molecule has 0 saturated heterocycles. The molecule has 0 aliphatic rings. The van der Waals surface area contributed by atoms with Crippen molar-refractivity contribution in [1.82, 2.24) is 5.32 Å². The molecule has 0 spiro atoms. The first-order valence-electron chi connectivity index (χ1n) is 10.3. The number of hydrogen-bond acceptors (Lipinski definition) is 3. The summed E-state index contributed by atoms with van der Waals surface area (Å²) in [4.78, 5) is 24.4. The predicted octanol–water partition coefficient (Wildman–Crippen LogP) is 5.25. The molecule has 32 heavy (non-hydrogen) atoms. The van der Waals surface area contributed by atoms with Crippen LogP contribution in [0.1, 0.15) is 41.7 Å². The van der Waals surface area contributed by atoms with Crippen LogP contribution >= 0.6 is 0 Å². The van der Waals surface area contributed by atoms with Crippen LogP contribution in [-0.4, -0.2) is 18.4 Å². The van der Waals surface area contributed by atoms with E-state index in [0.29, 0.717) is 17.7 Å². The minimum Gasteiger partial charge on any atom is -0.491 e. The van der Waals surface area contributed by atoms with Crippen molar-refractivity contribution in [2.75, 3.05) is 11.9 Å². The number of rotatable bonds is 9. The van der Waals surface area contributed by atoms with Gasteiger partial charge in [-0.1, -0.05) is 24.3 Å². The van der Waals surface area contributed by atoms with Crippen molar-refractivity contribution >= 4 is 17.5 Å². The highest BCUT2D eigenvalue weighted by Crippen LogP contribution is 2.18. The average Bonchev–Trinajstić information content (AvgIpc) is 2.78. The smallest absolute Gasteiger partial charge is 0.255 e. The minimum atomic E-state index is -0.428. The highest BCUT2D eigenvalue weighted by atomic mass is 19.1. The van der Waals surface area contributed by atoms with Gasteiger partial charge in [-0.2, -0.15) is 0 Å². The third kappa shape index (κ3) is 6.63. The molecule has 7 heteroatoms. The van der Waals surface area contributed by atoms with Crippen LogP contribution in [0.4, 0.5) is 14.5 Å². The Hall–Kier alpha value is -3.74. The Labute approximate surface area is 185 Å². The summed E-state index contributed by atoms with van der Waals surface area (Å²) in [6.45, 7) is 2.10. The topological polar surface area (TPSA) is 67.4 Å². The summed E-state index contributed by atoms with van der Waals surface area (Å²) in [5.74, 6) is -1.13. The van der Waals surface area contributed by atoms with Gasteiger partial charge < -0.3 is 15.4 Å². The van der Waals surface area contributed by atoms with Gasteiger partial charge in [-0.15, -0.1) is 0 Å². The third-order valence-electron chi connectivity index (χ3n) is 4.79. The van der Waals surface area contributed by atoms with Gasteiger partial charge in [-0.25, -0.2) is 8.78 Å². The fourth-order valence-corrected chi connectivity index (χ4v) is 3.03. The van der Waals surface area contributed by atoms with Gasteiger partial charge in [0.25, 0.3) is 5.91 Å². The zero-order valence-electron chi connectivity index (χ0n) is 17.6. The molecule has 0 aliphatic heterocycles. The second-order valence-corrected chi connectivity index (χ2v) is 7.25. The summed E-state index contributed by atoms with van der Waals surface area (Å²) in [6.07, 6.45) is 0.714. The van der Waals surface area contributed by atoms with Crippen LogP contribution in [0.5, 0.6) is 5.75 Å². The maximum absolute atomic E-state index is 13.5. The summed E-state index contributed by atoms with van der Waals surface area (Å²) < 4.78 is 31.8. The maximum atomic E-state index is 13.5. The van der Waals surface area contributed by atoms with Crippen LogP contribution in [0.15, 0.2) is 72.8 Å². The Morgan fingerprint density at radius 3 is 2.31 bits per heavy atom. The standard InChI is InChI=1S/C25H24F2N2O3/c1-17(28-24(30)7-4-16-32-23-6-3-2-5-22(23)27)18-10-14-21(15-11-18)29-25(31)19-8-12-20(26)13-9-19/h2-3,5-6,8-15,17H,4,7,16H2,1H3,(H,28,30)(H,29,31). The van der Waals surface area contributed by atoms with Crippen molar-refractivity contribution in [2.45, 2.75) is 25.8 Å². The molecule has 3 aromatic carbocycles. The van der Waals surface area contributed by atoms with E-state index in [1.807, 2.05) is 19.1 Å². The molecule has 3 aromatic rings. The highest BCUT2D eigenvalue weighted by Gasteiger charge is 2.11. The van der Waals surface area contributed by atoms with Crippen LogP contribution < -0.4 is 15.4 Å². The molecule has 2 amide bonds. The molecular formula is C25H24F2N2O3. The molecular weight excluding hydrogens is 414 g/mol. The lowest BCUT2D eigenvalue weighted by Gasteiger charge is -2.15. The van der Waals surface area contributed by atoms with E-state index in [0.717, 1.165) is 5.56 Å². The second-order valence-electron chi connectivity index (χ2n) is 7.25. The lowest BCUT2D eigenvalue weighted by molar-refractivity contribution is -0.121. The molecule has 1 unspecified atom stereocenters. The third-order valence-corrected chi connectivity index (χ3v) is 4.79. The van der Waals surface area contributed by atoms with Gasteiger partial charge in [-0.3, -0.25) is 9.59 Å². The van der Waals surface area contributed by atoms with E-state index < -0.39 is 11.6 Å². The van der Waals surface area contributed by atoms with Crippen LogP contribution in [0.25, 0.3) is 0 Å². The Morgan fingerprint density at radius 2 is 1.62 bits per heavy atom. The van der Waals surface area contributed by atoms with Crippen molar-refractivity contribution in [1.29, 1.82) is 0 Å². The minimum absolute atomic E-state index is 0.136. The molecule has 0 aromatic heterocycles. The van der Waals surface area contributed by atoms with E-state index >= 15 is 0 Å². The number of amides is 2. The lowest BCUT2D eigenvalue weighted by atomic mass is 10.1. The highest BCUT2D eigenvalue weighted by molar-refractivity contribution is 6.04. The van der Waals surface area contributed by atoms with Gasteiger partial charge in [0.15, 0.2) is 11.6 Å². The Balaban J connectivity index is 1.43. The molecule has 0 bridgehead atoms. The number of anilines is 1. The Bertz CT molecular complexity index is 1050. The number of nitrogens with one attached hydrogen (secondary N) is 2. The fraction of sp³-hybridized carbons (Fsp3) is 0.200. The fourth-order valence-electron chi connectivity index (χ4n) is 3.03. The zero-order chi connectivity index (χ0) is 22.9. The van der Waals surface area contributed by atoms with Gasteiger partial charge in [0.2, 0.25) is 5.91 Å². The molecule has 5 nitrogen and oxygen atoms in total. The molecule has 0 saturated carbocycles. The number of halogens is 2. The number of carbonyl (C=O) groups excluding carboxylic acids is 2. The van der Waals surface area contributed by atoms with E-state index in [1.165, 1.54) is 30.3 Å². The number of hydrogen-bond donors (Lipinski definition) is 2. The SMILES string of the molecule is CC(NC(=O)CCCOc1ccccc1F)c1ccc(NC(=O)c2ccc(F)cc2)cc1. The number of benzene rings is 3. The molecule has 166 valence electrons. The van der Waals surface area contributed by atoms with E-state index in [9.17, 15) is 18.4 Å². The van der Waals surface area contributed by atoms with E-state index in [4.69, 9.17) is 4.74 Å². The maximum Gasteiger partial charge on any atom is 0.255 e. The normalized spacial score (nSPS) is 11.5. The van der Waals surface area contributed by atoms with E-state index in [1.54, 1.807) is 30.3 Å². The summed E-state index contributed by atoms with van der Waals surface area (Å²) >= 11 is 0. The monoisotopic (exact) mass is 438 g/mol. The Morgan fingerprint density at radius 1 is 0.938 bits per heavy atom.